The largest absolute Gasteiger partial charge is 1.00 e. The summed E-state index contributed by atoms with van der Waals surface area (Å²) in [6, 6.07) is 19.2. The normalized spacial score (nSPS) is 11.5. The second-order valence-electron chi connectivity index (χ2n) is 7.19. The summed E-state index contributed by atoms with van der Waals surface area (Å²) < 4.78 is 13.5. The van der Waals surface area contributed by atoms with Crippen LogP contribution in [0, 0.1) is 0 Å². The van der Waals surface area contributed by atoms with E-state index in [9.17, 15) is 14.7 Å². The summed E-state index contributed by atoms with van der Waals surface area (Å²) in [5.74, 6) is -1.20. The number of carboxylic acids is 1. The van der Waals surface area contributed by atoms with E-state index in [1.54, 1.807) is 54.2 Å². The zero-order chi connectivity index (χ0) is 23.4. The number of carbonyl (C=O) groups excluding carboxylic acids is 2. The van der Waals surface area contributed by atoms with Crippen molar-refractivity contribution in [3.05, 3.63) is 89.0 Å². The van der Waals surface area contributed by atoms with E-state index >= 15 is 0 Å². The summed E-state index contributed by atoms with van der Waals surface area (Å²) >= 11 is 2.65. The van der Waals surface area contributed by atoms with E-state index in [2.05, 4.69) is 8.75 Å². The van der Waals surface area contributed by atoms with Gasteiger partial charge in [-0.3, -0.25) is 4.79 Å². The second kappa shape index (κ2) is 11.8. The molecule has 4 aromatic rings. The number of Topliss-reactive ketones (excluding diaryl/α,β-unsaturated/α-hetero) is 1. The first kappa shape index (κ1) is 26.1. The van der Waals surface area contributed by atoms with Crippen LogP contribution in [0.4, 0.5) is 0 Å². The summed E-state index contributed by atoms with van der Waals surface area (Å²) in [5.41, 5.74) is 2.75. The van der Waals surface area contributed by atoms with Gasteiger partial charge in [0.05, 0.1) is 24.8 Å². The van der Waals surface area contributed by atoms with Crippen molar-refractivity contribution in [2.75, 3.05) is 13.4 Å². The van der Waals surface area contributed by atoms with Crippen LogP contribution in [0.2, 0.25) is 0 Å². The van der Waals surface area contributed by atoms with Crippen LogP contribution in [-0.2, 0) is 11.2 Å². The zero-order valence-electron chi connectivity index (χ0n) is 18.9. The smallest absolute Gasteiger partial charge is 0.545 e. The van der Waals surface area contributed by atoms with Crippen molar-refractivity contribution in [2.45, 2.75) is 11.3 Å². The Bertz CT molecular complexity index is 1350. The molecule has 0 aliphatic rings. The van der Waals surface area contributed by atoms with Crippen LogP contribution in [0.3, 0.4) is 0 Å². The fourth-order valence-electron chi connectivity index (χ4n) is 3.50. The molecular weight excluding hydrogens is 479 g/mol. The van der Waals surface area contributed by atoms with Gasteiger partial charge in [-0.05, 0) is 65.9 Å². The van der Waals surface area contributed by atoms with Crippen molar-refractivity contribution in [1.29, 1.82) is 0 Å². The minimum Gasteiger partial charge on any atom is -0.545 e. The molecule has 0 radical (unpaired) electrons. The van der Waals surface area contributed by atoms with Gasteiger partial charge >= 0.3 is 29.6 Å². The summed E-state index contributed by atoms with van der Waals surface area (Å²) in [5, 5.41) is 12.4. The van der Waals surface area contributed by atoms with E-state index in [0.29, 0.717) is 27.9 Å². The van der Waals surface area contributed by atoms with Crippen LogP contribution >= 0.6 is 23.5 Å². The van der Waals surface area contributed by atoms with Crippen molar-refractivity contribution in [3.63, 3.8) is 0 Å². The number of aromatic nitrogens is 2. The van der Waals surface area contributed by atoms with Crippen LogP contribution in [0.5, 0.6) is 5.75 Å². The molecule has 6 nitrogen and oxygen atoms in total. The predicted molar refractivity (Wildman–Crippen MR) is 129 cm³/mol. The van der Waals surface area contributed by atoms with Gasteiger partial charge in [-0.15, -0.1) is 11.8 Å². The second-order valence-corrected chi connectivity index (χ2v) is 8.60. The minimum atomic E-state index is -1.42. The average molecular weight is 499 g/mol. The molecule has 9 heteroatoms. The molecule has 0 atom stereocenters. The Morgan fingerprint density at radius 1 is 0.941 bits per heavy atom. The van der Waals surface area contributed by atoms with E-state index in [1.807, 2.05) is 30.5 Å². The Morgan fingerprint density at radius 2 is 1.59 bits per heavy atom. The molecule has 0 aliphatic carbocycles. The van der Waals surface area contributed by atoms with E-state index in [-0.39, 0.29) is 52.9 Å². The Labute approximate surface area is 227 Å². The predicted octanol–water partition coefficient (Wildman–Crippen LogP) is 1.05. The third-order valence-corrected chi connectivity index (χ3v) is 6.51. The van der Waals surface area contributed by atoms with E-state index in [4.69, 9.17) is 4.74 Å². The first-order chi connectivity index (χ1) is 16.0. The molecule has 0 spiro atoms. The van der Waals surface area contributed by atoms with Crippen molar-refractivity contribution in [3.8, 4) is 5.75 Å². The number of carbonyl (C=O) groups is 2. The molecule has 4 rings (SSSR count). The molecular formula is C25H19N2NaO4S2. The number of ketones is 1. The van der Waals surface area contributed by atoms with Crippen LogP contribution in [0.25, 0.3) is 16.6 Å². The molecule has 3 aromatic carbocycles. The number of rotatable bonds is 8. The van der Waals surface area contributed by atoms with Crippen molar-refractivity contribution in [2.24, 2.45) is 0 Å². The number of carboxylic acid groups (broad SMARTS) is 1. The summed E-state index contributed by atoms with van der Waals surface area (Å²) in [6.45, 7) is 0. The number of aliphatic carboxylic acids is 1. The molecule has 0 amide bonds. The topological polar surface area (TPSA) is 92.2 Å². The number of hydrogen-bond acceptors (Lipinski definition) is 8. The first-order valence-electron chi connectivity index (χ1n) is 9.99. The fourth-order valence-corrected chi connectivity index (χ4v) is 4.42. The van der Waals surface area contributed by atoms with Crippen LogP contribution in [-0.4, -0.2) is 33.9 Å². The van der Waals surface area contributed by atoms with Crippen molar-refractivity contribution < 1.29 is 49.0 Å². The molecule has 0 saturated heterocycles. The van der Waals surface area contributed by atoms with Crippen molar-refractivity contribution >= 4 is 51.8 Å². The molecule has 0 bridgehead atoms. The van der Waals surface area contributed by atoms with Gasteiger partial charge in [0.25, 0.3) is 0 Å². The molecule has 1 aromatic heterocycles. The SMILES string of the molecule is COc1ccc(C(=O)/C(Cc2ccc(SC)cc2)=C(\C(=O)[O-])c2ccc3nsnc3c2)cc1.[Na+]. The van der Waals surface area contributed by atoms with Crippen molar-refractivity contribution in [1.82, 2.24) is 8.75 Å². The molecule has 34 heavy (non-hydrogen) atoms. The van der Waals surface area contributed by atoms with Gasteiger partial charge in [-0.2, -0.15) is 8.75 Å². The molecule has 0 fully saturated rings. The molecule has 0 unspecified atom stereocenters. The maximum atomic E-state index is 13.6. The Balaban J connectivity index is 0.00000324. The number of ether oxygens (including phenoxy) is 1. The van der Waals surface area contributed by atoms with Crippen LogP contribution in [0.1, 0.15) is 21.5 Å². The van der Waals surface area contributed by atoms with Crippen LogP contribution in [0.15, 0.2) is 77.2 Å². The maximum absolute atomic E-state index is 13.6. The third kappa shape index (κ3) is 5.76. The number of thioether (sulfide) groups is 1. The molecule has 0 N–H and O–H groups in total. The van der Waals surface area contributed by atoms with Gasteiger partial charge < -0.3 is 14.6 Å². The molecule has 0 aliphatic heterocycles. The Morgan fingerprint density at radius 3 is 2.21 bits per heavy atom. The van der Waals surface area contributed by atoms with Gasteiger partial charge in [-0.1, -0.05) is 18.2 Å². The number of benzene rings is 3. The standard InChI is InChI=1S/C25H20N2O4S2.Na/c1-31-18-8-5-16(6-9-18)24(28)20(13-15-3-10-19(32-2)11-4-15)23(25(29)30)17-7-12-21-22(14-17)27-33-26-21;/h3-12,14H,13H2,1-2H3,(H,29,30);/q;+1/p-1/b23-20-;. The summed E-state index contributed by atoms with van der Waals surface area (Å²) in [6.07, 6.45) is 2.11. The molecule has 166 valence electrons. The number of methoxy groups -OCH3 is 1. The van der Waals surface area contributed by atoms with E-state index in [1.165, 1.54) is 7.11 Å². The quantitative estimate of drug-likeness (QED) is 0.155. The van der Waals surface area contributed by atoms with E-state index < -0.39 is 5.97 Å². The number of nitrogens with zero attached hydrogens (tertiary/aromatic N) is 2. The monoisotopic (exact) mass is 498 g/mol. The van der Waals surface area contributed by atoms with E-state index in [0.717, 1.165) is 22.2 Å². The Kier molecular flexibility index (Phi) is 9.04. The zero-order valence-corrected chi connectivity index (χ0v) is 22.5. The maximum Gasteiger partial charge on any atom is 1.00 e. The molecule has 0 saturated carbocycles. The van der Waals surface area contributed by atoms with Gasteiger partial charge in [0.2, 0.25) is 0 Å². The summed E-state index contributed by atoms with van der Waals surface area (Å²) in [7, 11) is 1.54. The first-order valence-corrected chi connectivity index (χ1v) is 11.9. The van der Waals surface area contributed by atoms with Gasteiger partial charge in [0, 0.05) is 28.0 Å². The van der Waals surface area contributed by atoms with Gasteiger partial charge in [0.1, 0.15) is 16.8 Å². The third-order valence-electron chi connectivity index (χ3n) is 5.21. The number of fused-ring (bicyclic) bond motifs is 1. The summed E-state index contributed by atoms with van der Waals surface area (Å²) in [4.78, 5) is 27.0. The average Bonchev–Trinajstić information content (AvgIpc) is 3.31. The Hall–Kier alpha value is -2.49. The fraction of sp³-hybridized carbons (Fsp3) is 0.120. The van der Waals surface area contributed by atoms with Gasteiger partial charge in [0.15, 0.2) is 5.78 Å². The van der Waals surface area contributed by atoms with Crippen LogP contribution < -0.4 is 39.4 Å². The number of allylic oxidation sites excluding steroid dienone is 1. The number of hydrogen-bond donors (Lipinski definition) is 0. The van der Waals surface area contributed by atoms with Gasteiger partial charge in [-0.25, -0.2) is 0 Å². The minimum absolute atomic E-state index is 0. The molecule has 1 heterocycles.